The maximum Gasteiger partial charge on any atom is 0.284 e. The van der Waals surface area contributed by atoms with Crippen molar-refractivity contribution in [3.8, 4) is 0 Å². The van der Waals surface area contributed by atoms with Gasteiger partial charge in [0.1, 0.15) is 0 Å². The molecule has 0 atom stereocenters. The van der Waals surface area contributed by atoms with Crippen LogP contribution < -0.4 is 11.1 Å². The molecule has 3 N–H and O–H groups in total. The van der Waals surface area contributed by atoms with Crippen LogP contribution in [0.4, 0.5) is 5.69 Å². The van der Waals surface area contributed by atoms with E-state index in [9.17, 15) is 9.59 Å². The zero-order valence-electron chi connectivity index (χ0n) is 10.6. The fraction of sp³-hybridized carbons (Fsp3) is 0.154. The van der Waals surface area contributed by atoms with Gasteiger partial charge in [-0.05, 0) is 26.0 Å². The van der Waals surface area contributed by atoms with Gasteiger partial charge in [-0.25, -0.2) is 4.98 Å². The average molecular weight is 275 g/mol. The lowest BCUT2D eigenvalue weighted by molar-refractivity contribution is 0.100. The van der Waals surface area contributed by atoms with Crippen molar-refractivity contribution in [2.24, 2.45) is 5.73 Å². The third-order valence-corrected chi connectivity index (χ3v) is 3.74. The Labute approximate surface area is 114 Å². The van der Waals surface area contributed by atoms with Crippen LogP contribution in [0.5, 0.6) is 0 Å². The van der Waals surface area contributed by atoms with E-state index in [0.717, 1.165) is 10.6 Å². The Morgan fingerprint density at radius 3 is 2.53 bits per heavy atom. The number of hydrogen-bond donors (Lipinski definition) is 2. The predicted octanol–water partition coefficient (Wildman–Crippen LogP) is 2.11. The molecule has 0 saturated carbocycles. The molecule has 0 radical (unpaired) electrons. The number of nitrogens with zero attached hydrogens (tertiary/aromatic N) is 1. The SMILES string of the molecule is Cc1nc(C(=O)Nc2ccccc2C(N)=O)sc1C. The van der Waals surface area contributed by atoms with E-state index in [2.05, 4.69) is 10.3 Å². The number of rotatable bonds is 3. The van der Waals surface area contributed by atoms with E-state index in [1.807, 2.05) is 13.8 Å². The summed E-state index contributed by atoms with van der Waals surface area (Å²) in [6.07, 6.45) is 0. The number of para-hydroxylation sites is 1. The molecule has 98 valence electrons. The molecule has 1 aromatic heterocycles. The lowest BCUT2D eigenvalue weighted by Crippen LogP contribution is -2.18. The third-order valence-electron chi connectivity index (χ3n) is 2.66. The molecule has 2 aromatic rings. The largest absolute Gasteiger partial charge is 0.366 e. The molecule has 0 bridgehead atoms. The van der Waals surface area contributed by atoms with Gasteiger partial charge in [0.05, 0.1) is 16.9 Å². The number of carbonyl (C=O) groups excluding carboxylic acids is 2. The molecule has 0 spiro atoms. The molecule has 0 saturated heterocycles. The van der Waals surface area contributed by atoms with Gasteiger partial charge in [0.25, 0.3) is 11.8 Å². The molecule has 6 heteroatoms. The molecule has 1 heterocycles. The van der Waals surface area contributed by atoms with Crippen molar-refractivity contribution in [2.75, 3.05) is 5.32 Å². The van der Waals surface area contributed by atoms with Crippen molar-refractivity contribution in [3.05, 3.63) is 45.4 Å². The normalized spacial score (nSPS) is 10.2. The zero-order valence-corrected chi connectivity index (χ0v) is 11.4. The summed E-state index contributed by atoms with van der Waals surface area (Å²) in [6, 6.07) is 6.61. The summed E-state index contributed by atoms with van der Waals surface area (Å²) in [6.45, 7) is 3.75. The number of primary amides is 1. The molecule has 0 fully saturated rings. The second kappa shape index (κ2) is 5.19. The summed E-state index contributed by atoms with van der Waals surface area (Å²) in [5.41, 5.74) is 6.76. The van der Waals surface area contributed by atoms with Gasteiger partial charge in [0.2, 0.25) is 0 Å². The number of amides is 2. The first-order valence-electron chi connectivity index (χ1n) is 5.63. The van der Waals surface area contributed by atoms with Gasteiger partial charge in [0, 0.05) is 4.88 Å². The number of hydrogen-bond acceptors (Lipinski definition) is 4. The van der Waals surface area contributed by atoms with Crippen molar-refractivity contribution >= 4 is 28.8 Å². The average Bonchev–Trinajstić information content (AvgIpc) is 2.70. The fourth-order valence-electron chi connectivity index (χ4n) is 1.55. The summed E-state index contributed by atoms with van der Waals surface area (Å²) < 4.78 is 0. The number of carbonyl (C=O) groups is 2. The summed E-state index contributed by atoms with van der Waals surface area (Å²) in [7, 11) is 0. The molecule has 0 unspecified atom stereocenters. The number of benzene rings is 1. The van der Waals surface area contributed by atoms with Gasteiger partial charge in [0.15, 0.2) is 5.01 Å². The van der Waals surface area contributed by atoms with Crippen molar-refractivity contribution in [2.45, 2.75) is 13.8 Å². The highest BCUT2D eigenvalue weighted by Crippen LogP contribution is 2.19. The number of anilines is 1. The molecule has 19 heavy (non-hydrogen) atoms. The molecular formula is C13H13N3O2S. The molecule has 1 aromatic carbocycles. The molecule has 5 nitrogen and oxygen atoms in total. The highest BCUT2D eigenvalue weighted by Gasteiger charge is 2.15. The minimum Gasteiger partial charge on any atom is -0.366 e. The van der Waals surface area contributed by atoms with E-state index in [1.54, 1.807) is 24.3 Å². The van der Waals surface area contributed by atoms with E-state index in [-0.39, 0.29) is 11.5 Å². The van der Waals surface area contributed by atoms with Crippen molar-refractivity contribution < 1.29 is 9.59 Å². The number of aryl methyl sites for hydroxylation is 2. The van der Waals surface area contributed by atoms with Crippen LogP contribution >= 0.6 is 11.3 Å². The van der Waals surface area contributed by atoms with Crippen LogP contribution in [0.25, 0.3) is 0 Å². The van der Waals surface area contributed by atoms with Crippen molar-refractivity contribution in [1.82, 2.24) is 4.98 Å². The van der Waals surface area contributed by atoms with Crippen LogP contribution in [-0.4, -0.2) is 16.8 Å². The van der Waals surface area contributed by atoms with Crippen molar-refractivity contribution in [1.29, 1.82) is 0 Å². The monoisotopic (exact) mass is 275 g/mol. The second-order valence-corrected chi connectivity index (χ2v) is 5.23. The smallest absolute Gasteiger partial charge is 0.284 e. The summed E-state index contributed by atoms with van der Waals surface area (Å²) in [4.78, 5) is 28.5. The van der Waals surface area contributed by atoms with Crippen LogP contribution in [0.1, 0.15) is 30.7 Å². The van der Waals surface area contributed by atoms with Gasteiger partial charge < -0.3 is 11.1 Å². The highest BCUT2D eigenvalue weighted by molar-refractivity contribution is 7.13. The molecule has 0 aliphatic heterocycles. The van der Waals surface area contributed by atoms with Crippen LogP contribution in [-0.2, 0) is 0 Å². The van der Waals surface area contributed by atoms with Crippen LogP contribution in [0.2, 0.25) is 0 Å². The summed E-state index contributed by atoms with van der Waals surface area (Å²) in [5, 5.41) is 3.03. The Kier molecular flexibility index (Phi) is 3.62. The first-order chi connectivity index (χ1) is 8.99. The van der Waals surface area contributed by atoms with E-state index < -0.39 is 5.91 Å². The van der Waals surface area contributed by atoms with Crippen LogP contribution in [0, 0.1) is 13.8 Å². The van der Waals surface area contributed by atoms with E-state index >= 15 is 0 Å². The Morgan fingerprint density at radius 2 is 1.95 bits per heavy atom. The van der Waals surface area contributed by atoms with E-state index in [0.29, 0.717) is 10.7 Å². The number of aromatic nitrogens is 1. The molecule has 0 aliphatic rings. The van der Waals surface area contributed by atoms with Gasteiger partial charge in [-0.3, -0.25) is 9.59 Å². The van der Waals surface area contributed by atoms with Gasteiger partial charge >= 0.3 is 0 Å². The minimum atomic E-state index is -0.581. The molecule has 2 amide bonds. The standard InChI is InChI=1S/C13H13N3O2S/c1-7-8(2)19-13(15-7)12(18)16-10-6-4-3-5-9(10)11(14)17/h3-6H,1-2H3,(H2,14,17)(H,16,18). The van der Waals surface area contributed by atoms with Crippen molar-refractivity contribution in [3.63, 3.8) is 0 Å². The Morgan fingerprint density at radius 1 is 1.26 bits per heavy atom. The first-order valence-corrected chi connectivity index (χ1v) is 6.45. The predicted molar refractivity (Wildman–Crippen MR) is 74.5 cm³/mol. The Hall–Kier alpha value is -2.21. The van der Waals surface area contributed by atoms with Crippen LogP contribution in [0.3, 0.4) is 0 Å². The molecule has 2 rings (SSSR count). The van der Waals surface area contributed by atoms with E-state index in [1.165, 1.54) is 11.3 Å². The summed E-state index contributed by atoms with van der Waals surface area (Å²) in [5.74, 6) is -0.919. The summed E-state index contributed by atoms with van der Waals surface area (Å²) >= 11 is 1.32. The molecule has 0 aliphatic carbocycles. The number of nitrogens with two attached hydrogens (primary N) is 1. The number of nitrogens with one attached hydrogen (secondary N) is 1. The second-order valence-electron chi connectivity index (χ2n) is 4.02. The Bertz CT molecular complexity index is 630. The lowest BCUT2D eigenvalue weighted by Gasteiger charge is -2.06. The topological polar surface area (TPSA) is 85.1 Å². The van der Waals surface area contributed by atoms with Gasteiger partial charge in [-0.2, -0.15) is 0 Å². The fourth-order valence-corrected chi connectivity index (χ4v) is 2.36. The number of thiazole rings is 1. The first kappa shape index (κ1) is 13.2. The quantitative estimate of drug-likeness (QED) is 0.899. The van der Waals surface area contributed by atoms with E-state index in [4.69, 9.17) is 5.73 Å². The lowest BCUT2D eigenvalue weighted by atomic mass is 10.1. The van der Waals surface area contributed by atoms with Crippen LogP contribution in [0.15, 0.2) is 24.3 Å². The Balaban J connectivity index is 2.26. The minimum absolute atomic E-state index is 0.279. The van der Waals surface area contributed by atoms with Gasteiger partial charge in [-0.1, -0.05) is 12.1 Å². The zero-order chi connectivity index (χ0) is 14.0. The third kappa shape index (κ3) is 2.79. The maximum atomic E-state index is 12.0. The highest BCUT2D eigenvalue weighted by atomic mass is 32.1. The van der Waals surface area contributed by atoms with Gasteiger partial charge in [-0.15, -0.1) is 11.3 Å². The maximum absolute atomic E-state index is 12.0. The molecular weight excluding hydrogens is 262 g/mol.